The van der Waals surface area contributed by atoms with Crippen molar-refractivity contribution in [3.05, 3.63) is 29.8 Å². The van der Waals surface area contributed by atoms with E-state index < -0.39 is 0 Å². The maximum Gasteiger partial charge on any atom is 0.259 e. The average Bonchev–Trinajstić information content (AvgIpc) is 2.64. The number of piperidine rings is 1. The molecule has 2 rings (SSSR count). The quantitative estimate of drug-likeness (QED) is 0.380. The minimum atomic E-state index is -0.0535. The van der Waals surface area contributed by atoms with E-state index in [1.807, 2.05) is 24.3 Å². The van der Waals surface area contributed by atoms with E-state index in [9.17, 15) is 4.79 Å². The molecule has 0 aromatic heterocycles. The van der Waals surface area contributed by atoms with Crippen LogP contribution in [0.15, 0.2) is 29.3 Å². The summed E-state index contributed by atoms with van der Waals surface area (Å²) in [5.41, 5.74) is 1.07. The molecule has 0 spiro atoms. The van der Waals surface area contributed by atoms with Gasteiger partial charge in [-0.3, -0.25) is 4.79 Å². The predicted octanol–water partition coefficient (Wildman–Crippen LogP) is 2.97. The smallest absolute Gasteiger partial charge is 0.259 e. The minimum Gasteiger partial charge on any atom is -0.484 e. The summed E-state index contributed by atoms with van der Waals surface area (Å²) >= 11 is 0. The van der Waals surface area contributed by atoms with Gasteiger partial charge in [-0.15, -0.1) is 24.0 Å². The summed E-state index contributed by atoms with van der Waals surface area (Å²) in [4.78, 5) is 20.3. The summed E-state index contributed by atoms with van der Waals surface area (Å²) in [5.74, 6) is 2.42. The highest BCUT2D eigenvalue weighted by molar-refractivity contribution is 14.0. The second kappa shape index (κ2) is 12.0. The molecule has 0 aliphatic carbocycles. The largest absolute Gasteiger partial charge is 0.484 e. The number of nitrogens with one attached hydrogen (secondary N) is 1. The number of carbonyl (C=O) groups excluding carboxylic acids is 1. The highest BCUT2D eigenvalue weighted by Gasteiger charge is 2.18. The van der Waals surface area contributed by atoms with E-state index >= 15 is 0 Å². The molecular formula is C20H33IN4O2. The van der Waals surface area contributed by atoms with Crippen molar-refractivity contribution in [1.82, 2.24) is 15.1 Å². The maximum atomic E-state index is 11.7. The molecule has 0 saturated carbocycles. The SMILES string of the molecule is CCNC(=NCc1cccc(OCC(=O)N(C)C)c1)N1CCC(C)CC1.I. The number of hydrogen-bond acceptors (Lipinski definition) is 3. The van der Waals surface area contributed by atoms with Gasteiger partial charge >= 0.3 is 0 Å². The lowest BCUT2D eigenvalue weighted by Crippen LogP contribution is -2.45. The Kier molecular flexibility index (Phi) is 10.5. The van der Waals surface area contributed by atoms with Crippen LogP contribution in [0, 0.1) is 5.92 Å². The second-order valence-corrected chi connectivity index (χ2v) is 7.06. The van der Waals surface area contributed by atoms with Gasteiger partial charge in [0, 0.05) is 33.7 Å². The summed E-state index contributed by atoms with van der Waals surface area (Å²) in [6.07, 6.45) is 2.43. The first kappa shape index (κ1) is 23.5. The average molecular weight is 488 g/mol. The lowest BCUT2D eigenvalue weighted by Gasteiger charge is -2.33. The third-order valence-corrected chi connectivity index (χ3v) is 4.59. The Labute approximate surface area is 180 Å². The van der Waals surface area contributed by atoms with Crippen LogP contribution in [-0.4, -0.2) is 62.0 Å². The zero-order valence-electron chi connectivity index (χ0n) is 16.9. The van der Waals surface area contributed by atoms with Crippen molar-refractivity contribution < 1.29 is 9.53 Å². The number of amides is 1. The number of guanidine groups is 1. The number of halogens is 1. The molecule has 1 saturated heterocycles. The van der Waals surface area contributed by atoms with Gasteiger partial charge in [-0.25, -0.2) is 4.99 Å². The van der Waals surface area contributed by atoms with Crippen LogP contribution in [0.5, 0.6) is 5.75 Å². The van der Waals surface area contributed by atoms with E-state index in [1.165, 1.54) is 17.7 Å². The van der Waals surface area contributed by atoms with Crippen molar-refractivity contribution in [2.45, 2.75) is 33.2 Å². The zero-order valence-corrected chi connectivity index (χ0v) is 19.2. The van der Waals surface area contributed by atoms with E-state index in [2.05, 4.69) is 24.1 Å². The summed E-state index contributed by atoms with van der Waals surface area (Å²) in [7, 11) is 3.45. The van der Waals surface area contributed by atoms with Crippen LogP contribution < -0.4 is 10.1 Å². The summed E-state index contributed by atoms with van der Waals surface area (Å²) in [6, 6.07) is 7.80. The van der Waals surface area contributed by atoms with Crippen molar-refractivity contribution in [2.75, 3.05) is 40.3 Å². The maximum absolute atomic E-state index is 11.7. The Morgan fingerprint density at radius 2 is 2.04 bits per heavy atom. The van der Waals surface area contributed by atoms with E-state index in [0.717, 1.165) is 37.1 Å². The summed E-state index contributed by atoms with van der Waals surface area (Å²) in [5, 5.41) is 3.40. The highest BCUT2D eigenvalue weighted by Crippen LogP contribution is 2.17. The third kappa shape index (κ3) is 7.94. The topological polar surface area (TPSA) is 57.2 Å². The fourth-order valence-electron chi connectivity index (χ4n) is 2.82. The summed E-state index contributed by atoms with van der Waals surface area (Å²) < 4.78 is 5.59. The van der Waals surface area contributed by atoms with Crippen molar-refractivity contribution in [2.24, 2.45) is 10.9 Å². The van der Waals surface area contributed by atoms with Crippen molar-refractivity contribution in [3.63, 3.8) is 0 Å². The number of carbonyl (C=O) groups is 1. The lowest BCUT2D eigenvalue weighted by molar-refractivity contribution is -0.130. The van der Waals surface area contributed by atoms with Crippen LogP contribution in [0.2, 0.25) is 0 Å². The molecule has 1 amide bonds. The Hall–Kier alpha value is -1.51. The Morgan fingerprint density at radius 3 is 2.67 bits per heavy atom. The number of rotatable bonds is 6. The van der Waals surface area contributed by atoms with Crippen LogP contribution in [-0.2, 0) is 11.3 Å². The fraction of sp³-hybridized carbons (Fsp3) is 0.600. The van der Waals surface area contributed by atoms with Crippen molar-refractivity contribution in [3.8, 4) is 5.75 Å². The highest BCUT2D eigenvalue weighted by atomic mass is 127. The number of likely N-dealkylation sites (N-methyl/N-ethyl adjacent to an activating group) is 1. The molecule has 1 aliphatic rings. The van der Waals surface area contributed by atoms with Gasteiger partial charge in [0.15, 0.2) is 12.6 Å². The molecule has 0 radical (unpaired) electrons. The normalized spacial score (nSPS) is 15.1. The first-order valence-electron chi connectivity index (χ1n) is 9.44. The number of hydrogen-bond donors (Lipinski definition) is 1. The molecule has 1 N–H and O–H groups in total. The molecule has 6 nitrogen and oxygen atoms in total. The van der Waals surface area contributed by atoms with Gasteiger partial charge in [0.05, 0.1) is 6.54 Å². The summed E-state index contributed by atoms with van der Waals surface area (Å²) in [6.45, 7) is 8.03. The van der Waals surface area contributed by atoms with Crippen LogP contribution in [0.25, 0.3) is 0 Å². The Bertz CT molecular complexity index is 614. The molecule has 1 aliphatic heterocycles. The van der Waals surface area contributed by atoms with Gasteiger partial charge in [-0.05, 0) is 43.4 Å². The van der Waals surface area contributed by atoms with Crippen LogP contribution in [0.3, 0.4) is 0 Å². The molecule has 1 heterocycles. The van der Waals surface area contributed by atoms with Gasteiger partial charge < -0.3 is 19.9 Å². The van der Waals surface area contributed by atoms with Crippen LogP contribution >= 0.6 is 24.0 Å². The van der Waals surface area contributed by atoms with E-state index in [0.29, 0.717) is 12.3 Å². The molecule has 7 heteroatoms. The minimum absolute atomic E-state index is 0. The fourth-order valence-corrected chi connectivity index (χ4v) is 2.82. The molecule has 1 aromatic carbocycles. The van der Waals surface area contributed by atoms with E-state index in [1.54, 1.807) is 14.1 Å². The molecule has 1 aromatic rings. The van der Waals surface area contributed by atoms with Gasteiger partial charge in [0.2, 0.25) is 0 Å². The molecule has 27 heavy (non-hydrogen) atoms. The second-order valence-electron chi connectivity index (χ2n) is 7.06. The van der Waals surface area contributed by atoms with E-state index in [-0.39, 0.29) is 36.5 Å². The monoisotopic (exact) mass is 488 g/mol. The molecule has 0 unspecified atom stereocenters. The lowest BCUT2D eigenvalue weighted by atomic mass is 10.00. The number of benzene rings is 1. The third-order valence-electron chi connectivity index (χ3n) is 4.59. The molecule has 152 valence electrons. The van der Waals surface area contributed by atoms with Gasteiger partial charge in [0.1, 0.15) is 5.75 Å². The van der Waals surface area contributed by atoms with Gasteiger partial charge in [-0.1, -0.05) is 19.1 Å². The molecule has 0 atom stereocenters. The van der Waals surface area contributed by atoms with E-state index in [4.69, 9.17) is 9.73 Å². The standard InChI is InChI=1S/C20H32N4O2.HI/c1-5-21-20(24-11-9-16(2)10-12-24)22-14-17-7-6-8-18(13-17)26-15-19(25)23(3)4;/h6-8,13,16H,5,9-12,14-15H2,1-4H3,(H,21,22);1H. The van der Waals surface area contributed by atoms with Gasteiger partial charge in [0.25, 0.3) is 5.91 Å². The number of ether oxygens (including phenoxy) is 1. The number of nitrogens with zero attached hydrogens (tertiary/aromatic N) is 3. The number of likely N-dealkylation sites (tertiary alicyclic amines) is 1. The van der Waals surface area contributed by atoms with Crippen molar-refractivity contribution >= 4 is 35.8 Å². The Balaban J connectivity index is 0.00000364. The van der Waals surface area contributed by atoms with Crippen molar-refractivity contribution in [1.29, 1.82) is 0 Å². The molecular weight excluding hydrogens is 455 g/mol. The Morgan fingerprint density at radius 1 is 1.33 bits per heavy atom. The van der Waals surface area contributed by atoms with Crippen LogP contribution in [0.4, 0.5) is 0 Å². The first-order valence-corrected chi connectivity index (χ1v) is 9.44. The van der Waals surface area contributed by atoms with Gasteiger partial charge in [-0.2, -0.15) is 0 Å². The van der Waals surface area contributed by atoms with Crippen LogP contribution in [0.1, 0.15) is 32.3 Å². The molecule has 0 bridgehead atoms. The zero-order chi connectivity index (χ0) is 18.9. The molecule has 1 fully saturated rings. The first-order chi connectivity index (χ1) is 12.5. The number of aliphatic imine (C=N–C) groups is 1. The predicted molar refractivity (Wildman–Crippen MR) is 121 cm³/mol.